The zero-order valence-corrected chi connectivity index (χ0v) is 19.6. The minimum Gasteiger partial charge on any atom is -0.489 e. The lowest BCUT2D eigenvalue weighted by atomic mass is 9.96. The van der Waals surface area contributed by atoms with Gasteiger partial charge in [0, 0.05) is 47.1 Å². The fraction of sp³-hybridized carbons (Fsp3) is 0.321. The number of fused-ring (bicyclic) bond motifs is 1. The summed E-state index contributed by atoms with van der Waals surface area (Å²) in [5.74, 6) is 1.27. The Morgan fingerprint density at radius 1 is 1.03 bits per heavy atom. The van der Waals surface area contributed by atoms with Gasteiger partial charge in [-0.2, -0.15) is 0 Å². The van der Waals surface area contributed by atoms with Gasteiger partial charge in [0.2, 0.25) is 0 Å². The third-order valence-electron chi connectivity index (χ3n) is 6.29. The second kappa shape index (κ2) is 9.28. The second-order valence-electron chi connectivity index (χ2n) is 9.02. The molecule has 0 aliphatic carbocycles. The Kier molecular flexibility index (Phi) is 6.05. The summed E-state index contributed by atoms with van der Waals surface area (Å²) in [6.45, 7) is 10.6. The van der Waals surface area contributed by atoms with E-state index in [0.717, 1.165) is 43.3 Å². The molecular weight excluding hydrogens is 410 g/mol. The zero-order chi connectivity index (χ0) is 22.8. The third-order valence-corrected chi connectivity index (χ3v) is 6.29. The van der Waals surface area contributed by atoms with Gasteiger partial charge in [0.1, 0.15) is 12.4 Å². The molecule has 1 aliphatic heterocycles. The molecule has 1 aliphatic rings. The van der Waals surface area contributed by atoms with Crippen LogP contribution in [0.1, 0.15) is 36.6 Å². The predicted molar refractivity (Wildman–Crippen MR) is 134 cm³/mol. The van der Waals surface area contributed by atoms with Crippen LogP contribution in [0.2, 0.25) is 0 Å². The first-order valence-corrected chi connectivity index (χ1v) is 11.7. The zero-order valence-electron chi connectivity index (χ0n) is 19.6. The molecule has 1 N–H and O–H groups in total. The highest BCUT2D eigenvalue weighted by Gasteiger charge is 2.17. The number of aryl methyl sites for hydroxylation is 1. The van der Waals surface area contributed by atoms with Gasteiger partial charge in [0.25, 0.3) is 0 Å². The molecule has 2 aromatic heterocycles. The van der Waals surface area contributed by atoms with Crippen LogP contribution in [-0.2, 0) is 11.3 Å². The van der Waals surface area contributed by atoms with Crippen LogP contribution in [0.5, 0.6) is 5.75 Å². The Morgan fingerprint density at radius 2 is 1.82 bits per heavy atom. The van der Waals surface area contributed by atoms with E-state index in [2.05, 4.69) is 77.2 Å². The van der Waals surface area contributed by atoms with Crippen molar-refractivity contribution >= 4 is 16.6 Å². The van der Waals surface area contributed by atoms with Crippen molar-refractivity contribution in [2.45, 2.75) is 33.3 Å². The molecule has 5 nitrogen and oxygen atoms in total. The predicted octanol–water partition coefficient (Wildman–Crippen LogP) is 6.08. The van der Waals surface area contributed by atoms with Gasteiger partial charge >= 0.3 is 0 Å². The van der Waals surface area contributed by atoms with Gasteiger partial charge in [0.15, 0.2) is 0 Å². The van der Waals surface area contributed by atoms with Crippen molar-refractivity contribution in [1.82, 2.24) is 9.97 Å². The molecule has 0 radical (unpaired) electrons. The molecule has 2 aromatic carbocycles. The van der Waals surface area contributed by atoms with Crippen LogP contribution in [0.3, 0.4) is 0 Å². The number of nitrogens with zero attached hydrogens (tertiary/aromatic N) is 2. The number of nitrogens with one attached hydrogen (secondary N) is 1. The van der Waals surface area contributed by atoms with Crippen LogP contribution in [0.15, 0.2) is 60.8 Å². The van der Waals surface area contributed by atoms with Gasteiger partial charge in [-0.1, -0.05) is 26.0 Å². The van der Waals surface area contributed by atoms with E-state index in [-0.39, 0.29) is 0 Å². The highest BCUT2D eigenvalue weighted by Crippen LogP contribution is 2.37. The fourth-order valence-corrected chi connectivity index (χ4v) is 4.60. The summed E-state index contributed by atoms with van der Waals surface area (Å²) >= 11 is 0. The number of pyridine rings is 1. The molecule has 33 heavy (non-hydrogen) atoms. The maximum absolute atomic E-state index is 6.20. The Morgan fingerprint density at radius 3 is 2.55 bits per heavy atom. The normalized spacial score (nSPS) is 14.2. The van der Waals surface area contributed by atoms with E-state index in [0.29, 0.717) is 12.5 Å². The first kappa shape index (κ1) is 21.5. The number of morpholine rings is 1. The fourth-order valence-electron chi connectivity index (χ4n) is 4.60. The quantitative estimate of drug-likeness (QED) is 0.394. The average molecular weight is 442 g/mol. The monoisotopic (exact) mass is 441 g/mol. The summed E-state index contributed by atoms with van der Waals surface area (Å²) in [5.41, 5.74) is 8.21. The Balaban J connectivity index is 1.36. The van der Waals surface area contributed by atoms with E-state index < -0.39 is 0 Å². The van der Waals surface area contributed by atoms with Crippen LogP contribution in [0.4, 0.5) is 5.69 Å². The van der Waals surface area contributed by atoms with Gasteiger partial charge < -0.3 is 19.4 Å². The van der Waals surface area contributed by atoms with Crippen molar-refractivity contribution in [3.63, 3.8) is 0 Å². The standard InChI is InChI=1S/C28H31N3O2/c1-19(2)27-25-17-24(8-9-26(25)30-28(27)22-10-11-29-20(3)16-22)33-18-21-4-6-23(7-5-21)31-12-14-32-15-13-31/h4-11,16-17,19,30H,12-15,18H2,1-3H3. The summed E-state index contributed by atoms with van der Waals surface area (Å²) in [4.78, 5) is 10.3. The van der Waals surface area contributed by atoms with Crippen LogP contribution in [-0.4, -0.2) is 36.3 Å². The van der Waals surface area contributed by atoms with Crippen LogP contribution in [0, 0.1) is 6.92 Å². The smallest absolute Gasteiger partial charge is 0.120 e. The van der Waals surface area contributed by atoms with Crippen LogP contribution < -0.4 is 9.64 Å². The Bertz CT molecular complexity index is 1240. The maximum Gasteiger partial charge on any atom is 0.120 e. The van der Waals surface area contributed by atoms with E-state index in [1.807, 2.05) is 19.2 Å². The molecule has 5 heteroatoms. The van der Waals surface area contributed by atoms with E-state index in [1.165, 1.54) is 33.5 Å². The third kappa shape index (κ3) is 4.60. The summed E-state index contributed by atoms with van der Waals surface area (Å²) < 4.78 is 11.6. The molecule has 0 amide bonds. The first-order valence-electron chi connectivity index (χ1n) is 11.7. The lowest BCUT2D eigenvalue weighted by Gasteiger charge is -2.28. The minimum absolute atomic E-state index is 0.380. The molecule has 4 aromatic rings. The molecule has 0 spiro atoms. The Hall–Kier alpha value is -3.31. The second-order valence-corrected chi connectivity index (χ2v) is 9.02. The number of hydrogen-bond donors (Lipinski definition) is 1. The largest absolute Gasteiger partial charge is 0.489 e. The van der Waals surface area contributed by atoms with Crippen molar-refractivity contribution in [3.8, 4) is 17.0 Å². The number of H-pyrrole nitrogens is 1. The van der Waals surface area contributed by atoms with Crippen molar-refractivity contribution in [3.05, 3.63) is 77.6 Å². The number of hydrogen-bond acceptors (Lipinski definition) is 4. The number of aromatic nitrogens is 2. The first-order chi connectivity index (χ1) is 16.1. The van der Waals surface area contributed by atoms with E-state index in [4.69, 9.17) is 9.47 Å². The molecular formula is C28H31N3O2. The van der Waals surface area contributed by atoms with E-state index in [9.17, 15) is 0 Å². The highest BCUT2D eigenvalue weighted by atomic mass is 16.5. The van der Waals surface area contributed by atoms with Crippen molar-refractivity contribution in [1.29, 1.82) is 0 Å². The number of anilines is 1. The van der Waals surface area contributed by atoms with Gasteiger partial charge in [-0.25, -0.2) is 0 Å². The van der Waals surface area contributed by atoms with Gasteiger partial charge in [-0.15, -0.1) is 0 Å². The lowest BCUT2D eigenvalue weighted by molar-refractivity contribution is 0.122. The van der Waals surface area contributed by atoms with Crippen molar-refractivity contribution < 1.29 is 9.47 Å². The highest BCUT2D eigenvalue weighted by molar-refractivity contribution is 5.92. The number of rotatable bonds is 6. The van der Waals surface area contributed by atoms with Crippen molar-refractivity contribution in [2.75, 3.05) is 31.2 Å². The van der Waals surface area contributed by atoms with Crippen LogP contribution >= 0.6 is 0 Å². The van der Waals surface area contributed by atoms with Gasteiger partial charge in [-0.3, -0.25) is 4.98 Å². The van der Waals surface area contributed by atoms with E-state index in [1.54, 1.807) is 0 Å². The molecule has 1 saturated heterocycles. The topological polar surface area (TPSA) is 50.4 Å². The molecule has 1 fully saturated rings. The molecule has 0 atom stereocenters. The maximum atomic E-state index is 6.20. The van der Waals surface area contributed by atoms with Gasteiger partial charge in [-0.05, 0) is 66.4 Å². The van der Waals surface area contributed by atoms with Crippen LogP contribution in [0.25, 0.3) is 22.2 Å². The summed E-state index contributed by atoms with van der Waals surface area (Å²) in [6.07, 6.45) is 1.87. The molecule has 5 rings (SSSR count). The number of benzene rings is 2. The molecule has 170 valence electrons. The Labute approximate surface area is 195 Å². The molecule has 3 heterocycles. The summed E-state index contributed by atoms with van der Waals surface area (Å²) in [5, 5.41) is 1.22. The van der Waals surface area contributed by atoms with Gasteiger partial charge in [0.05, 0.1) is 18.9 Å². The molecule has 0 unspecified atom stereocenters. The summed E-state index contributed by atoms with van der Waals surface area (Å²) in [6, 6.07) is 19.2. The lowest BCUT2D eigenvalue weighted by Crippen LogP contribution is -2.36. The molecule has 0 saturated carbocycles. The van der Waals surface area contributed by atoms with E-state index >= 15 is 0 Å². The number of aromatic amines is 1. The summed E-state index contributed by atoms with van der Waals surface area (Å²) in [7, 11) is 0. The average Bonchev–Trinajstić information content (AvgIpc) is 3.23. The molecule has 0 bridgehead atoms. The minimum atomic E-state index is 0.380. The van der Waals surface area contributed by atoms with Crippen molar-refractivity contribution in [2.24, 2.45) is 0 Å². The SMILES string of the molecule is Cc1cc(-c2[nH]c3ccc(OCc4ccc(N5CCOCC5)cc4)cc3c2C(C)C)ccn1. The number of ether oxygens (including phenoxy) is 2.